The Hall–Kier alpha value is -1.94. The molecule has 0 atom stereocenters. The van der Waals surface area contributed by atoms with E-state index in [9.17, 15) is 4.79 Å². The SMILES string of the molecule is CCOC(=O)c1cc2ccccc2nc1CN(CC)CC. The van der Waals surface area contributed by atoms with Crippen LogP contribution >= 0.6 is 0 Å². The van der Waals surface area contributed by atoms with Crippen molar-refractivity contribution in [3.05, 3.63) is 41.6 Å². The summed E-state index contributed by atoms with van der Waals surface area (Å²) in [6.45, 7) is 8.91. The number of rotatable bonds is 6. The van der Waals surface area contributed by atoms with E-state index in [-0.39, 0.29) is 5.97 Å². The molecule has 21 heavy (non-hydrogen) atoms. The van der Waals surface area contributed by atoms with Crippen molar-refractivity contribution in [1.29, 1.82) is 0 Å². The van der Waals surface area contributed by atoms with E-state index in [2.05, 4.69) is 23.7 Å². The predicted molar refractivity (Wildman–Crippen MR) is 84.3 cm³/mol. The molecule has 4 nitrogen and oxygen atoms in total. The smallest absolute Gasteiger partial charge is 0.340 e. The van der Waals surface area contributed by atoms with E-state index >= 15 is 0 Å². The van der Waals surface area contributed by atoms with Gasteiger partial charge in [0, 0.05) is 11.9 Å². The van der Waals surface area contributed by atoms with Crippen molar-refractivity contribution >= 4 is 16.9 Å². The van der Waals surface area contributed by atoms with E-state index in [4.69, 9.17) is 4.74 Å². The van der Waals surface area contributed by atoms with Gasteiger partial charge in [-0.25, -0.2) is 4.79 Å². The van der Waals surface area contributed by atoms with Crippen molar-refractivity contribution < 1.29 is 9.53 Å². The van der Waals surface area contributed by atoms with Crippen molar-refractivity contribution in [1.82, 2.24) is 9.88 Å². The molecule has 0 N–H and O–H groups in total. The molecule has 1 aromatic heterocycles. The molecule has 0 aliphatic heterocycles. The van der Waals surface area contributed by atoms with E-state index in [1.807, 2.05) is 37.3 Å². The molecule has 0 aliphatic rings. The van der Waals surface area contributed by atoms with Crippen LogP contribution in [0.5, 0.6) is 0 Å². The van der Waals surface area contributed by atoms with Gasteiger partial charge >= 0.3 is 5.97 Å². The van der Waals surface area contributed by atoms with Gasteiger partial charge in [-0.2, -0.15) is 0 Å². The Kier molecular flexibility index (Phi) is 5.28. The van der Waals surface area contributed by atoms with Crippen LogP contribution in [0.2, 0.25) is 0 Å². The number of hydrogen-bond donors (Lipinski definition) is 0. The van der Waals surface area contributed by atoms with E-state index in [1.54, 1.807) is 0 Å². The second-order valence-corrected chi connectivity index (χ2v) is 4.86. The van der Waals surface area contributed by atoms with Crippen LogP contribution in [0.1, 0.15) is 36.8 Å². The lowest BCUT2D eigenvalue weighted by Gasteiger charge is -2.19. The summed E-state index contributed by atoms with van der Waals surface area (Å²) in [5.74, 6) is -0.294. The number of aromatic nitrogens is 1. The average Bonchev–Trinajstić information content (AvgIpc) is 2.52. The largest absolute Gasteiger partial charge is 0.462 e. The lowest BCUT2D eigenvalue weighted by atomic mass is 10.1. The lowest BCUT2D eigenvalue weighted by Crippen LogP contribution is -2.24. The summed E-state index contributed by atoms with van der Waals surface area (Å²) in [6, 6.07) is 9.73. The molecule has 0 saturated heterocycles. The summed E-state index contributed by atoms with van der Waals surface area (Å²) >= 11 is 0. The van der Waals surface area contributed by atoms with Crippen LogP contribution in [0.4, 0.5) is 0 Å². The van der Waals surface area contributed by atoms with Crippen LogP contribution < -0.4 is 0 Å². The summed E-state index contributed by atoms with van der Waals surface area (Å²) in [5, 5.41) is 0.962. The fourth-order valence-corrected chi connectivity index (χ4v) is 2.32. The highest BCUT2D eigenvalue weighted by Crippen LogP contribution is 2.19. The third kappa shape index (κ3) is 3.58. The number of fused-ring (bicyclic) bond motifs is 1. The molecule has 0 saturated carbocycles. The summed E-state index contributed by atoms with van der Waals surface area (Å²) in [7, 11) is 0. The molecule has 0 spiro atoms. The zero-order valence-corrected chi connectivity index (χ0v) is 12.9. The first-order chi connectivity index (χ1) is 10.2. The summed E-state index contributed by atoms with van der Waals surface area (Å²) in [5.41, 5.74) is 2.27. The zero-order valence-electron chi connectivity index (χ0n) is 12.9. The van der Waals surface area contributed by atoms with Crippen LogP contribution in [-0.2, 0) is 11.3 Å². The maximum atomic E-state index is 12.2. The lowest BCUT2D eigenvalue weighted by molar-refractivity contribution is 0.0523. The monoisotopic (exact) mass is 286 g/mol. The Bertz CT molecular complexity index is 621. The molecule has 1 heterocycles. The Labute approximate surface area is 125 Å². The number of ether oxygens (including phenoxy) is 1. The van der Waals surface area contributed by atoms with E-state index < -0.39 is 0 Å². The van der Waals surface area contributed by atoms with Crippen molar-refractivity contribution in [3.8, 4) is 0 Å². The molecular weight excluding hydrogens is 264 g/mol. The van der Waals surface area contributed by atoms with Crippen LogP contribution in [0, 0.1) is 0 Å². The predicted octanol–water partition coefficient (Wildman–Crippen LogP) is 3.25. The second kappa shape index (κ2) is 7.18. The molecule has 0 unspecified atom stereocenters. The number of hydrogen-bond acceptors (Lipinski definition) is 4. The Morgan fingerprint density at radius 2 is 1.90 bits per heavy atom. The number of esters is 1. The Balaban J connectivity index is 2.47. The fraction of sp³-hybridized carbons (Fsp3) is 0.412. The number of carbonyl (C=O) groups is 1. The average molecular weight is 286 g/mol. The maximum Gasteiger partial charge on any atom is 0.340 e. The van der Waals surface area contributed by atoms with Crippen LogP contribution in [0.15, 0.2) is 30.3 Å². The minimum absolute atomic E-state index is 0.294. The van der Waals surface area contributed by atoms with Gasteiger partial charge in [-0.3, -0.25) is 9.88 Å². The van der Waals surface area contributed by atoms with E-state index in [0.717, 1.165) is 29.7 Å². The van der Waals surface area contributed by atoms with Crippen LogP contribution in [-0.4, -0.2) is 35.5 Å². The van der Waals surface area contributed by atoms with Gasteiger partial charge in [0.2, 0.25) is 0 Å². The second-order valence-electron chi connectivity index (χ2n) is 4.86. The highest BCUT2D eigenvalue weighted by Gasteiger charge is 2.17. The summed E-state index contributed by atoms with van der Waals surface area (Å²) < 4.78 is 5.17. The van der Waals surface area contributed by atoms with Gasteiger partial charge < -0.3 is 4.74 Å². The van der Waals surface area contributed by atoms with Gasteiger partial charge in [0.1, 0.15) is 0 Å². The molecule has 1 aromatic carbocycles. The molecule has 2 rings (SSSR count). The van der Waals surface area contributed by atoms with Gasteiger partial charge in [0.25, 0.3) is 0 Å². The standard InChI is InChI=1S/C17H22N2O2/c1-4-19(5-2)12-16-14(17(20)21-6-3)11-13-9-7-8-10-15(13)18-16/h7-11H,4-6,12H2,1-3H3. The van der Waals surface area contributed by atoms with Crippen molar-refractivity contribution in [3.63, 3.8) is 0 Å². The molecule has 0 amide bonds. The molecule has 4 heteroatoms. The van der Waals surface area contributed by atoms with Gasteiger partial charge in [0.05, 0.1) is 23.4 Å². The fourth-order valence-electron chi connectivity index (χ4n) is 2.32. The first-order valence-electron chi connectivity index (χ1n) is 7.47. The molecule has 112 valence electrons. The first-order valence-corrected chi connectivity index (χ1v) is 7.47. The van der Waals surface area contributed by atoms with Crippen molar-refractivity contribution in [2.75, 3.05) is 19.7 Å². The Morgan fingerprint density at radius 3 is 2.57 bits per heavy atom. The topological polar surface area (TPSA) is 42.4 Å². The molecule has 0 fully saturated rings. The molecule has 0 aliphatic carbocycles. The number of carbonyl (C=O) groups excluding carboxylic acids is 1. The highest BCUT2D eigenvalue weighted by atomic mass is 16.5. The number of nitrogens with zero attached hydrogens (tertiary/aromatic N) is 2. The van der Waals surface area contributed by atoms with Crippen LogP contribution in [0.3, 0.4) is 0 Å². The highest BCUT2D eigenvalue weighted by molar-refractivity contribution is 5.95. The zero-order chi connectivity index (χ0) is 15.2. The van der Waals surface area contributed by atoms with Crippen LogP contribution in [0.25, 0.3) is 10.9 Å². The number of para-hydroxylation sites is 1. The minimum Gasteiger partial charge on any atom is -0.462 e. The van der Waals surface area contributed by atoms with E-state index in [0.29, 0.717) is 18.7 Å². The molecule has 0 radical (unpaired) electrons. The van der Waals surface area contributed by atoms with Gasteiger partial charge in [-0.05, 0) is 32.1 Å². The Morgan fingerprint density at radius 1 is 1.19 bits per heavy atom. The minimum atomic E-state index is -0.294. The third-order valence-corrected chi connectivity index (χ3v) is 3.57. The molecular formula is C17H22N2O2. The van der Waals surface area contributed by atoms with E-state index in [1.165, 1.54) is 0 Å². The van der Waals surface area contributed by atoms with Gasteiger partial charge in [-0.1, -0.05) is 32.0 Å². The first kappa shape index (κ1) is 15.4. The quantitative estimate of drug-likeness (QED) is 0.764. The third-order valence-electron chi connectivity index (χ3n) is 3.57. The van der Waals surface area contributed by atoms with Gasteiger partial charge in [-0.15, -0.1) is 0 Å². The number of benzene rings is 1. The number of pyridine rings is 1. The van der Waals surface area contributed by atoms with Crippen molar-refractivity contribution in [2.45, 2.75) is 27.3 Å². The summed E-state index contributed by atoms with van der Waals surface area (Å²) in [4.78, 5) is 19.1. The summed E-state index contributed by atoms with van der Waals surface area (Å²) in [6.07, 6.45) is 0. The maximum absolute atomic E-state index is 12.2. The van der Waals surface area contributed by atoms with Gasteiger partial charge in [0.15, 0.2) is 0 Å². The van der Waals surface area contributed by atoms with Crippen molar-refractivity contribution in [2.24, 2.45) is 0 Å². The molecule has 0 bridgehead atoms. The normalized spacial score (nSPS) is 11.0. The molecule has 2 aromatic rings.